The fraction of sp³-hybridized carbons (Fsp3) is 0.619. The first kappa shape index (κ1) is 17.3. The molecule has 0 spiro atoms. The molecule has 3 nitrogen and oxygen atoms in total. The highest BCUT2D eigenvalue weighted by Crippen LogP contribution is 2.59. The van der Waals surface area contributed by atoms with Crippen molar-refractivity contribution in [3.05, 3.63) is 35.4 Å². The van der Waals surface area contributed by atoms with E-state index in [-0.39, 0.29) is 0 Å². The summed E-state index contributed by atoms with van der Waals surface area (Å²) in [4.78, 5) is 2.46. The van der Waals surface area contributed by atoms with Crippen molar-refractivity contribution in [2.45, 2.75) is 33.1 Å². The van der Waals surface area contributed by atoms with Gasteiger partial charge in [0.05, 0.1) is 14.2 Å². The van der Waals surface area contributed by atoms with E-state index in [1.54, 1.807) is 19.8 Å². The minimum atomic E-state index is 0.522. The molecule has 3 aliphatic rings. The smallest absolute Gasteiger partial charge is 0.160 e. The third-order valence-electron chi connectivity index (χ3n) is 6.27. The second-order valence-corrected chi connectivity index (χ2v) is 8.00. The van der Waals surface area contributed by atoms with Crippen molar-refractivity contribution in [3.63, 3.8) is 0 Å². The molecule has 0 unspecified atom stereocenters. The standard InChI is InChI=1S/C21H31NO2/c1-21(2)17-8-7-16(18(21)13-17)14-22(3)11-10-15-6-9-19(23-4)20(12-15)24-5/h6-7,9,12,17-18H,8,10-11,13-14H2,1-5H3/t17-,18-/m0/s1. The van der Waals surface area contributed by atoms with E-state index in [1.807, 2.05) is 6.07 Å². The third-order valence-corrected chi connectivity index (χ3v) is 6.27. The normalized spacial score (nSPS) is 24.3. The van der Waals surface area contributed by atoms with E-state index in [2.05, 4.69) is 44.0 Å². The average Bonchev–Trinajstić information content (AvgIpc) is 2.59. The van der Waals surface area contributed by atoms with E-state index >= 15 is 0 Å². The molecule has 4 rings (SSSR count). The monoisotopic (exact) mass is 329 g/mol. The SMILES string of the molecule is COc1ccc(CCN(C)CC2=CC[C@H]3C[C@@H]2C3(C)C)cc1OC. The van der Waals surface area contributed by atoms with Gasteiger partial charge in [-0.3, -0.25) is 0 Å². The lowest BCUT2D eigenvalue weighted by molar-refractivity contribution is -0.00994. The molecule has 24 heavy (non-hydrogen) atoms. The van der Waals surface area contributed by atoms with Crippen LogP contribution in [-0.2, 0) is 6.42 Å². The maximum absolute atomic E-state index is 5.40. The van der Waals surface area contributed by atoms with Crippen molar-refractivity contribution in [2.24, 2.45) is 17.3 Å². The zero-order valence-electron chi connectivity index (χ0n) is 15.8. The van der Waals surface area contributed by atoms with Gasteiger partial charge < -0.3 is 14.4 Å². The fourth-order valence-corrected chi connectivity index (χ4v) is 4.40. The van der Waals surface area contributed by atoms with E-state index in [0.717, 1.165) is 42.8 Å². The van der Waals surface area contributed by atoms with Crippen LogP contribution in [0.5, 0.6) is 11.5 Å². The van der Waals surface area contributed by atoms with Crippen LogP contribution in [0.25, 0.3) is 0 Å². The molecule has 1 aromatic rings. The maximum Gasteiger partial charge on any atom is 0.160 e. The molecule has 0 heterocycles. The molecular formula is C21H31NO2. The van der Waals surface area contributed by atoms with Crippen LogP contribution in [0.15, 0.2) is 29.8 Å². The second-order valence-electron chi connectivity index (χ2n) is 8.00. The number of fused-ring (bicyclic) bond motifs is 1. The molecule has 0 radical (unpaired) electrons. The summed E-state index contributed by atoms with van der Waals surface area (Å²) >= 11 is 0. The lowest BCUT2D eigenvalue weighted by atomic mass is 9.49. The number of ether oxygens (including phenoxy) is 2. The molecule has 0 amide bonds. The van der Waals surface area contributed by atoms with Gasteiger partial charge in [0, 0.05) is 13.1 Å². The lowest BCUT2D eigenvalue weighted by Crippen LogP contribution is -2.49. The van der Waals surface area contributed by atoms with Gasteiger partial charge in [-0.05, 0) is 61.3 Å². The van der Waals surface area contributed by atoms with E-state index in [4.69, 9.17) is 9.47 Å². The van der Waals surface area contributed by atoms with Gasteiger partial charge in [0.25, 0.3) is 0 Å². The van der Waals surface area contributed by atoms with Gasteiger partial charge in [0.2, 0.25) is 0 Å². The van der Waals surface area contributed by atoms with Gasteiger partial charge in [-0.2, -0.15) is 0 Å². The Labute approximate surface area is 146 Å². The Hall–Kier alpha value is -1.48. The van der Waals surface area contributed by atoms with E-state index < -0.39 is 0 Å². The summed E-state index contributed by atoms with van der Waals surface area (Å²) in [5.41, 5.74) is 3.48. The number of benzene rings is 1. The summed E-state index contributed by atoms with van der Waals surface area (Å²) in [6, 6.07) is 6.22. The molecule has 1 fully saturated rings. The quantitative estimate of drug-likeness (QED) is 0.701. The van der Waals surface area contributed by atoms with Gasteiger partial charge in [-0.1, -0.05) is 31.6 Å². The zero-order valence-corrected chi connectivity index (χ0v) is 15.8. The van der Waals surface area contributed by atoms with Gasteiger partial charge >= 0.3 is 0 Å². The van der Waals surface area contributed by atoms with Crippen molar-refractivity contribution in [1.82, 2.24) is 4.90 Å². The molecule has 1 saturated carbocycles. The summed E-state index contributed by atoms with van der Waals surface area (Å²) < 4.78 is 10.7. The predicted molar refractivity (Wildman–Crippen MR) is 98.8 cm³/mol. The van der Waals surface area contributed by atoms with Crippen LogP contribution in [-0.4, -0.2) is 39.3 Å². The zero-order chi connectivity index (χ0) is 17.3. The van der Waals surface area contributed by atoms with Gasteiger partial charge in [0.1, 0.15) is 0 Å². The number of rotatable bonds is 7. The summed E-state index contributed by atoms with van der Waals surface area (Å²) in [7, 11) is 5.60. The minimum Gasteiger partial charge on any atom is -0.493 e. The van der Waals surface area contributed by atoms with Crippen LogP contribution in [0.1, 0.15) is 32.3 Å². The van der Waals surface area contributed by atoms with Crippen molar-refractivity contribution < 1.29 is 9.47 Å². The van der Waals surface area contributed by atoms with Gasteiger partial charge in [0.15, 0.2) is 11.5 Å². The Bertz CT molecular complexity index is 620. The predicted octanol–water partition coefficient (Wildman–Crippen LogP) is 4.17. The number of nitrogens with zero attached hydrogens (tertiary/aromatic N) is 1. The van der Waals surface area contributed by atoms with E-state index in [1.165, 1.54) is 18.4 Å². The molecule has 2 bridgehead atoms. The molecule has 0 N–H and O–H groups in total. The molecule has 0 aromatic heterocycles. The summed E-state index contributed by atoms with van der Waals surface area (Å²) in [6.07, 6.45) is 6.22. The molecule has 0 aliphatic heterocycles. The molecule has 2 atom stereocenters. The van der Waals surface area contributed by atoms with Crippen LogP contribution in [0.2, 0.25) is 0 Å². The topological polar surface area (TPSA) is 21.7 Å². The Morgan fingerprint density at radius 2 is 1.92 bits per heavy atom. The number of likely N-dealkylation sites (N-methyl/N-ethyl adjacent to an activating group) is 1. The highest BCUT2D eigenvalue weighted by molar-refractivity contribution is 5.43. The summed E-state index contributed by atoms with van der Waals surface area (Å²) in [6.45, 7) is 7.06. The summed E-state index contributed by atoms with van der Waals surface area (Å²) in [5, 5.41) is 0. The first-order valence-corrected chi connectivity index (χ1v) is 9.04. The van der Waals surface area contributed by atoms with Crippen molar-refractivity contribution in [2.75, 3.05) is 34.4 Å². The summed E-state index contributed by atoms with van der Waals surface area (Å²) in [5.74, 6) is 3.33. The number of allylic oxidation sites excluding steroid dienone is 1. The molecular weight excluding hydrogens is 298 g/mol. The molecule has 3 aliphatic carbocycles. The first-order valence-electron chi connectivity index (χ1n) is 9.04. The average molecular weight is 329 g/mol. The highest BCUT2D eigenvalue weighted by Gasteiger charge is 2.50. The Morgan fingerprint density at radius 3 is 2.54 bits per heavy atom. The number of methoxy groups -OCH3 is 2. The minimum absolute atomic E-state index is 0.522. The lowest BCUT2D eigenvalue weighted by Gasteiger charge is -2.57. The van der Waals surface area contributed by atoms with Crippen LogP contribution in [0.3, 0.4) is 0 Å². The van der Waals surface area contributed by atoms with E-state index in [9.17, 15) is 0 Å². The third kappa shape index (κ3) is 3.19. The highest BCUT2D eigenvalue weighted by atomic mass is 16.5. The van der Waals surface area contributed by atoms with E-state index in [0.29, 0.717) is 5.41 Å². The first-order chi connectivity index (χ1) is 11.5. The molecule has 0 saturated heterocycles. The van der Waals surface area contributed by atoms with Crippen molar-refractivity contribution in [3.8, 4) is 11.5 Å². The number of hydrogen-bond acceptors (Lipinski definition) is 3. The molecule has 1 aromatic carbocycles. The maximum atomic E-state index is 5.40. The Balaban J connectivity index is 1.55. The fourth-order valence-electron chi connectivity index (χ4n) is 4.40. The Morgan fingerprint density at radius 1 is 1.17 bits per heavy atom. The van der Waals surface area contributed by atoms with Gasteiger partial charge in [-0.15, -0.1) is 0 Å². The Kier molecular flexibility index (Phi) is 4.91. The van der Waals surface area contributed by atoms with Crippen LogP contribution < -0.4 is 9.47 Å². The largest absolute Gasteiger partial charge is 0.493 e. The molecule has 132 valence electrons. The van der Waals surface area contributed by atoms with Crippen LogP contribution >= 0.6 is 0 Å². The molecule has 3 heteroatoms. The number of hydrogen-bond donors (Lipinski definition) is 0. The second kappa shape index (κ2) is 6.79. The van der Waals surface area contributed by atoms with Crippen molar-refractivity contribution >= 4 is 0 Å². The van der Waals surface area contributed by atoms with Gasteiger partial charge in [-0.25, -0.2) is 0 Å². The van der Waals surface area contributed by atoms with Crippen LogP contribution in [0.4, 0.5) is 0 Å². The van der Waals surface area contributed by atoms with Crippen LogP contribution in [0, 0.1) is 17.3 Å². The van der Waals surface area contributed by atoms with Crippen molar-refractivity contribution in [1.29, 1.82) is 0 Å².